The average Bonchev–Trinajstić information content (AvgIpc) is 2.61. The van der Waals surface area contributed by atoms with Crippen LogP contribution in [0.25, 0.3) is 12.7 Å². The number of aromatic nitrogens is 1. The predicted octanol–water partition coefficient (Wildman–Crippen LogP) is 0.216. The van der Waals surface area contributed by atoms with Crippen LogP contribution in [0.15, 0.2) is 33.6 Å². The number of nitrogens with one attached hydrogen (secondary N) is 1. The highest BCUT2D eigenvalue weighted by Crippen LogP contribution is 2.16. The van der Waals surface area contributed by atoms with E-state index in [9.17, 15) is 4.79 Å². The van der Waals surface area contributed by atoms with Gasteiger partial charge in [-0.25, -0.2) is 9.95 Å². The molecular weight excluding hydrogens is 206 g/mol. The average molecular weight is 217 g/mol. The van der Waals surface area contributed by atoms with Crippen molar-refractivity contribution in [3.63, 3.8) is 0 Å². The van der Waals surface area contributed by atoms with Gasteiger partial charge in [-0.05, 0) is 12.1 Å². The Morgan fingerprint density at radius 2 is 2.19 bits per heavy atom. The van der Waals surface area contributed by atoms with E-state index in [1.165, 1.54) is 0 Å². The number of aromatic amines is 1. The standard InChI is InChI=1S/C12H11NO3/c1-8-10(12(14)16-13-8)7-9-5-3-4-6-11(9)15-2/h3-7,13H,1H2,2H3. The lowest BCUT2D eigenvalue weighted by molar-refractivity contribution is 0.386. The lowest BCUT2D eigenvalue weighted by atomic mass is 10.1. The molecule has 0 amide bonds. The Kier molecular flexibility index (Phi) is 2.64. The zero-order valence-electron chi connectivity index (χ0n) is 8.82. The van der Waals surface area contributed by atoms with E-state index in [-0.39, 0.29) is 0 Å². The van der Waals surface area contributed by atoms with Gasteiger partial charge in [0.15, 0.2) is 0 Å². The molecule has 0 spiro atoms. The molecule has 82 valence electrons. The van der Waals surface area contributed by atoms with Crippen molar-refractivity contribution < 1.29 is 9.26 Å². The van der Waals surface area contributed by atoms with Gasteiger partial charge in [-0.1, -0.05) is 24.8 Å². The van der Waals surface area contributed by atoms with Crippen molar-refractivity contribution in [1.82, 2.24) is 5.16 Å². The molecule has 16 heavy (non-hydrogen) atoms. The Morgan fingerprint density at radius 3 is 2.81 bits per heavy atom. The molecular formula is C12H11NO3. The molecule has 0 saturated heterocycles. The number of rotatable bonds is 2. The number of benzene rings is 1. The van der Waals surface area contributed by atoms with Crippen LogP contribution in [-0.2, 0) is 0 Å². The summed E-state index contributed by atoms with van der Waals surface area (Å²) in [7, 11) is 1.58. The number of para-hydroxylation sites is 1. The van der Waals surface area contributed by atoms with E-state index < -0.39 is 5.63 Å². The molecule has 0 bridgehead atoms. The van der Waals surface area contributed by atoms with Gasteiger partial charge in [0.1, 0.15) is 5.75 Å². The molecule has 4 nitrogen and oxygen atoms in total. The summed E-state index contributed by atoms with van der Waals surface area (Å²) in [6.07, 6.45) is 1.68. The SMILES string of the molecule is C=c1[nH]oc(=O)c1=Cc1ccccc1OC. The largest absolute Gasteiger partial charge is 0.496 e. The summed E-state index contributed by atoms with van der Waals surface area (Å²) in [5.41, 5.74) is 0.373. The highest BCUT2D eigenvalue weighted by atomic mass is 16.5. The van der Waals surface area contributed by atoms with Gasteiger partial charge in [0.05, 0.1) is 17.7 Å². The fourth-order valence-corrected chi connectivity index (χ4v) is 1.43. The van der Waals surface area contributed by atoms with Crippen molar-refractivity contribution >= 4 is 12.7 Å². The second kappa shape index (κ2) is 4.10. The lowest BCUT2D eigenvalue weighted by Gasteiger charge is -2.02. The molecule has 1 aromatic carbocycles. The van der Waals surface area contributed by atoms with Crippen LogP contribution in [0.4, 0.5) is 0 Å². The molecule has 0 aliphatic heterocycles. The first-order valence-corrected chi connectivity index (χ1v) is 4.73. The van der Waals surface area contributed by atoms with Crippen LogP contribution in [0, 0.1) is 0 Å². The molecule has 1 N–H and O–H groups in total. The van der Waals surface area contributed by atoms with Gasteiger partial charge in [-0.3, -0.25) is 0 Å². The summed E-state index contributed by atoms with van der Waals surface area (Å²) in [5, 5.41) is 3.29. The van der Waals surface area contributed by atoms with Crippen molar-refractivity contribution in [1.29, 1.82) is 0 Å². The van der Waals surface area contributed by atoms with Gasteiger partial charge >= 0.3 is 5.63 Å². The van der Waals surface area contributed by atoms with E-state index in [2.05, 4.69) is 16.3 Å². The highest BCUT2D eigenvalue weighted by Gasteiger charge is 2.00. The molecule has 0 atom stereocenters. The second-order valence-electron chi connectivity index (χ2n) is 3.27. The van der Waals surface area contributed by atoms with Crippen LogP contribution in [0.5, 0.6) is 5.75 Å². The van der Waals surface area contributed by atoms with Crippen LogP contribution in [-0.4, -0.2) is 12.3 Å². The molecule has 0 saturated carbocycles. The monoisotopic (exact) mass is 217 g/mol. The normalized spacial score (nSPS) is 11.7. The van der Waals surface area contributed by atoms with Crippen LogP contribution in [0.3, 0.4) is 0 Å². The molecule has 2 aromatic rings. The van der Waals surface area contributed by atoms with E-state index in [0.717, 1.165) is 5.56 Å². The minimum Gasteiger partial charge on any atom is -0.496 e. The molecule has 0 radical (unpaired) electrons. The van der Waals surface area contributed by atoms with Gasteiger partial charge in [0.25, 0.3) is 0 Å². The first-order chi connectivity index (χ1) is 7.72. The Hall–Kier alpha value is -2.23. The minimum atomic E-state index is -0.434. The third kappa shape index (κ3) is 1.77. The summed E-state index contributed by atoms with van der Waals surface area (Å²) in [6, 6.07) is 7.40. The maximum absolute atomic E-state index is 11.3. The van der Waals surface area contributed by atoms with Crippen LogP contribution >= 0.6 is 0 Å². The summed E-state index contributed by atoms with van der Waals surface area (Å²) in [4.78, 5) is 11.3. The van der Waals surface area contributed by atoms with Crippen LogP contribution < -0.4 is 20.9 Å². The van der Waals surface area contributed by atoms with E-state index >= 15 is 0 Å². The first-order valence-electron chi connectivity index (χ1n) is 4.73. The lowest BCUT2D eigenvalue weighted by Crippen LogP contribution is -2.31. The van der Waals surface area contributed by atoms with Gasteiger partial charge in [-0.15, -0.1) is 0 Å². The smallest absolute Gasteiger partial charge is 0.365 e. The third-order valence-electron chi connectivity index (χ3n) is 2.25. The molecule has 0 unspecified atom stereocenters. The van der Waals surface area contributed by atoms with E-state index in [4.69, 9.17) is 4.74 Å². The maximum Gasteiger partial charge on any atom is 0.365 e. The van der Waals surface area contributed by atoms with Gasteiger partial charge in [0, 0.05) is 5.56 Å². The molecule has 0 aliphatic rings. The number of H-pyrrole nitrogens is 1. The van der Waals surface area contributed by atoms with Crippen molar-refractivity contribution in [3.8, 4) is 5.75 Å². The van der Waals surface area contributed by atoms with E-state index in [1.807, 2.05) is 24.3 Å². The first kappa shape index (κ1) is 10.3. The van der Waals surface area contributed by atoms with Crippen molar-refractivity contribution in [2.45, 2.75) is 0 Å². The quantitative estimate of drug-likeness (QED) is 0.782. The summed E-state index contributed by atoms with van der Waals surface area (Å²) in [6.45, 7) is 3.67. The summed E-state index contributed by atoms with van der Waals surface area (Å²) >= 11 is 0. The number of ether oxygens (including phenoxy) is 1. The number of methoxy groups -OCH3 is 1. The summed E-state index contributed by atoms with van der Waals surface area (Å²) in [5.74, 6) is 0.697. The Labute approximate surface area is 91.4 Å². The Morgan fingerprint density at radius 1 is 1.44 bits per heavy atom. The van der Waals surface area contributed by atoms with Crippen molar-refractivity contribution in [2.75, 3.05) is 7.11 Å². The van der Waals surface area contributed by atoms with Crippen LogP contribution in [0.1, 0.15) is 5.56 Å². The van der Waals surface area contributed by atoms with Crippen LogP contribution in [0.2, 0.25) is 0 Å². The topological polar surface area (TPSA) is 55.2 Å². The van der Waals surface area contributed by atoms with Crippen molar-refractivity contribution in [2.24, 2.45) is 0 Å². The van der Waals surface area contributed by atoms with Gasteiger partial charge < -0.3 is 9.26 Å². The fraction of sp³-hybridized carbons (Fsp3) is 0.0833. The molecule has 0 aliphatic carbocycles. The third-order valence-corrected chi connectivity index (χ3v) is 2.25. The molecule has 2 rings (SSSR count). The maximum atomic E-state index is 11.3. The fourth-order valence-electron chi connectivity index (χ4n) is 1.43. The molecule has 1 aromatic heterocycles. The highest BCUT2D eigenvalue weighted by molar-refractivity contribution is 5.56. The van der Waals surface area contributed by atoms with E-state index in [1.54, 1.807) is 13.2 Å². The minimum absolute atomic E-state index is 0.407. The zero-order chi connectivity index (χ0) is 11.5. The number of hydrogen-bond donors (Lipinski definition) is 1. The summed E-state index contributed by atoms with van der Waals surface area (Å²) < 4.78 is 9.81. The van der Waals surface area contributed by atoms with Gasteiger partial charge in [-0.2, -0.15) is 0 Å². The van der Waals surface area contributed by atoms with E-state index in [0.29, 0.717) is 16.3 Å². The Bertz CT molecular complexity index is 621. The van der Waals surface area contributed by atoms with Gasteiger partial charge in [0.2, 0.25) is 0 Å². The molecule has 1 heterocycles. The predicted molar refractivity (Wildman–Crippen MR) is 60.7 cm³/mol. The number of hydrogen-bond acceptors (Lipinski definition) is 3. The zero-order valence-corrected chi connectivity index (χ0v) is 8.82. The Balaban J connectivity index is 2.68. The molecule has 4 heteroatoms. The molecule has 0 fully saturated rings. The second-order valence-corrected chi connectivity index (χ2v) is 3.27. The van der Waals surface area contributed by atoms with Crippen molar-refractivity contribution in [3.05, 3.63) is 50.8 Å².